The molecule has 19 heavy (non-hydrogen) atoms. The predicted molar refractivity (Wildman–Crippen MR) is 74.0 cm³/mol. The summed E-state index contributed by atoms with van der Waals surface area (Å²) in [6.07, 6.45) is 1.39. The molecule has 1 amide bonds. The molecule has 0 aromatic heterocycles. The molecular formula is C13H16N2O3S. The van der Waals surface area contributed by atoms with Crippen LogP contribution in [0.15, 0.2) is 18.2 Å². The van der Waals surface area contributed by atoms with Crippen molar-refractivity contribution in [1.29, 1.82) is 0 Å². The lowest BCUT2D eigenvalue weighted by Gasteiger charge is -2.10. The number of fused-ring (bicyclic) bond motifs is 1. The summed E-state index contributed by atoms with van der Waals surface area (Å²) < 4.78 is 22.7. The van der Waals surface area contributed by atoms with Crippen LogP contribution in [0.2, 0.25) is 0 Å². The molecule has 2 N–H and O–H groups in total. The van der Waals surface area contributed by atoms with Gasteiger partial charge < -0.3 is 10.6 Å². The van der Waals surface area contributed by atoms with E-state index in [1.54, 1.807) is 0 Å². The van der Waals surface area contributed by atoms with Gasteiger partial charge >= 0.3 is 0 Å². The van der Waals surface area contributed by atoms with Crippen molar-refractivity contribution in [2.45, 2.75) is 12.8 Å². The number of amides is 1. The van der Waals surface area contributed by atoms with E-state index >= 15 is 0 Å². The van der Waals surface area contributed by atoms with Crippen molar-refractivity contribution in [2.24, 2.45) is 5.92 Å². The number of nitrogens with one attached hydrogen (secondary N) is 2. The first-order valence-corrected chi connectivity index (χ1v) is 8.24. The van der Waals surface area contributed by atoms with Crippen molar-refractivity contribution in [3.63, 3.8) is 0 Å². The number of benzene rings is 1. The highest BCUT2D eigenvalue weighted by atomic mass is 32.2. The highest BCUT2D eigenvalue weighted by Gasteiger charge is 2.32. The molecule has 1 atom stereocenters. The monoisotopic (exact) mass is 280 g/mol. The molecule has 5 nitrogen and oxygen atoms in total. The first kappa shape index (κ1) is 12.5. The van der Waals surface area contributed by atoms with Crippen molar-refractivity contribution in [3.8, 4) is 0 Å². The third kappa shape index (κ3) is 2.58. The van der Waals surface area contributed by atoms with Gasteiger partial charge in [-0.25, -0.2) is 8.42 Å². The van der Waals surface area contributed by atoms with Crippen LogP contribution < -0.4 is 10.6 Å². The number of carbonyl (C=O) groups excluding carboxylic acids is 1. The Bertz CT molecular complexity index is 625. The molecule has 1 aromatic rings. The van der Waals surface area contributed by atoms with Gasteiger partial charge in [0.05, 0.1) is 17.4 Å². The number of rotatable bonds is 2. The van der Waals surface area contributed by atoms with Crippen molar-refractivity contribution in [2.75, 3.05) is 28.7 Å². The fourth-order valence-electron chi connectivity index (χ4n) is 2.63. The molecule has 2 heterocycles. The second-order valence-corrected chi connectivity index (χ2v) is 7.37. The van der Waals surface area contributed by atoms with Crippen molar-refractivity contribution >= 4 is 27.1 Å². The zero-order valence-electron chi connectivity index (χ0n) is 10.5. The molecule has 3 rings (SSSR count). The Kier molecular flexibility index (Phi) is 2.97. The summed E-state index contributed by atoms with van der Waals surface area (Å²) in [5.74, 6) is -0.492. The van der Waals surface area contributed by atoms with Gasteiger partial charge in [-0.2, -0.15) is 0 Å². The molecule has 0 aliphatic carbocycles. The fraction of sp³-hybridized carbons (Fsp3) is 0.462. The van der Waals surface area contributed by atoms with Crippen LogP contribution in [0.4, 0.5) is 11.4 Å². The Hall–Kier alpha value is -1.56. The van der Waals surface area contributed by atoms with Crippen LogP contribution in [-0.4, -0.2) is 32.4 Å². The van der Waals surface area contributed by atoms with Crippen molar-refractivity contribution in [1.82, 2.24) is 0 Å². The third-order valence-electron chi connectivity index (χ3n) is 3.69. The van der Waals surface area contributed by atoms with Gasteiger partial charge in [0.2, 0.25) is 5.91 Å². The highest BCUT2D eigenvalue weighted by molar-refractivity contribution is 7.91. The van der Waals surface area contributed by atoms with Crippen molar-refractivity contribution in [3.05, 3.63) is 23.8 Å². The molecule has 1 aromatic carbocycles. The summed E-state index contributed by atoms with van der Waals surface area (Å²) in [6.45, 7) is 0.924. The lowest BCUT2D eigenvalue weighted by atomic mass is 10.1. The van der Waals surface area contributed by atoms with Crippen LogP contribution in [0.3, 0.4) is 0 Å². The smallest absolute Gasteiger partial charge is 0.228 e. The summed E-state index contributed by atoms with van der Waals surface area (Å²) in [7, 11) is -3.01. The molecule has 102 valence electrons. The van der Waals surface area contributed by atoms with Crippen LogP contribution in [0, 0.1) is 5.92 Å². The van der Waals surface area contributed by atoms with Crippen LogP contribution in [0.25, 0.3) is 0 Å². The molecule has 2 aliphatic heterocycles. The molecule has 0 spiro atoms. The van der Waals surface area contributed by atoms with Gasteiger partial charge in [0, 0.05) is 17.9 Å². The maximum absolute atomic E-state index is 12.0. The van der Waals surface area contributed by atoms with Crippen LogP contribution in [-0.2, 0) is 21.1 Å². The minimum absolute atomic E-state index is 0.0225. The van der Waals surface area contributed by atoms with E-state index in [1.807, 2.05) is 18.2 Å². The number of hydrogen-bond donors (Lipinski definition) is 2. The van der Waals surface area contributed by atoms with E-state index in [9.17, 15) is 13.2 Å². The van der Waals surface area contributed by atoms with Crippen LogP contribution in [0.5, 0.6) is 0 Å². The van der Waals surface area contributed by atoms with Crippen LogP contribution in [0.1, 0.15) is 12.0 Å². The van der Waals surface area contributed by atoms with Gasteiger partial charge in [0.1, 0.15) is 0 Å². The second-order valence-electron chi connectivity index (χ2n) is 5.14. The normalized spacial score (nSPS) is 23.7. The van der Waals surface area contributed by atoms with E-state index in [2.05, 4.69) is 10.6 Å². The Morgan fingerprint density at radius 2 is 2.21 bits per heavy atom. The lowest BCUT2D eigenvalue weighted by Crippen LogP contribution is -2.23. The quantitative estimate of drug-likeness (QED) is 0.848. The molecule has 6 heteroatoms. The summed E-state index contributed by atoms with van der Waals surface area (Å²) in [4.78, 5) is 12.0. The number of carbonyl (C=O) groups is 1. The summed E-state index contributed by atoms with van der Waals surface area (Å²) in [6, 6.07) is 5.75. The summed E-state index contributed by atoms with van der Waals surface area (Å²) in [5.41, 5.74) is 3.05. The molecule has 0 bridgehead atoms. The molecule has 1 unspecified atom stereocenters. The maximum Gasteiger partial charge on any atom is 0.228 e. The van der Waals surface area contributed by atoms with E-state index in [0.717, 1.165) is 24.3 Å². The Morgan fingerprint density at radius 3 is 2.95 bits per heavy atom. The van der Waals surface area contributed by atoms with Gasteiger partial charge in [0.25, 0.3) is 0 Å². The topological polar surface area (TPSA) is 75.3 Å². The number of anilines is 2. The number of sulfone groups is 1. The first-order chi connectivity index (χ1) is 9.03. The second kappa shape index (κ2) is 4.52. The third-order valence-corrected chi connectivity index (χ3v) is 5.45. The van der Waals surface area contributed by atoms with E-state index in [1.165, 1.54) is 5.56 Å². The predicted octanol–water partition coefficient (Wildman–Crippen LogP) is 1.03. The molecule has 0 saturated carbocycles. The minimum atomic E-state index is -3.01. The Labute approximate surface area is 112 Å². The highest BCUT2D eigenvalue weighted by Crippen LogP contribution is 2.26. The largest absolute Gasteiger partial charge is 0.384 e. The lowest BCUT2D eigenvalue weighted by molar-refractivity contribution is -0.119. The average molecular weight is 280 g/mol. The molecule has 1 fully saturated rings. The summed E-state index contributed by atoms with van der Waals surface area (Å²) >= 11 is 0. The van der Waals surface area contributed by atoms with Crippen LogP contribution >= 0.6 is 0 Å². The van der Waals surface area contributed by atoms with E-state index in [0.29, 0.717) is 6.42 Å². The zero-order chi connectivity index (χ0) is 13.5. The number of hydrogen-bond acceptors (Lipinski definition) is 4. The maximum atomic E-state index is 12.0. The van der Waals surface area contributed by atoms with Gasteiger partial charge in [-0.3, -0.25) is 4.79 Å². The SMILES string of the molecule is O=C(Nc1ccc2c(c1)CCN2)C1CCS(=O)(=O)C1. The fourth-order valence-corrected chi connectivity index (χ4v) is 4.37. The van der Waals surface area contributed by atoms with E-state index in [4.69, 9.17) is 0 Å². The average Bonchev–Trinajstić information content (AvgIpc) is 2.94. The van der Waals surface area contributed by atoms with Gasteiger partial charge in [0.15, 0.2) is 9.84 Å². The Morgan fingerprint density at radius 1 is 1.37 bits per heavy atom. The van der Waals surface area contributed by atoms with Gasteiger partial charge in [-0.1, -0.05) is 0 Å². The first-order valence-electron chi connectivity index (χ1n) is 6.42. The standard InChI is InChI=1S/C13H16N2O3S/c16-13(10-4-6-19(17,18)8-10)15-11-1-2-12-9(7-11)3-5-14-12/h1-2,7,10,14H,3-6,8H2,(H,15,16). The van der Waals surface area contributed by atoms with Gasteiger partial charge in [-0.05, 0) is 36.6 Å². The summed E-state index contributed by atoms with van der Waals surface area (Å²) in [5, 5.41) is 6.07. The van der Waals surface area contributed by atoms with E-state index < -0.39 is 15.8 Å². The molecule has 1 saturated heterocycles. The zero-order valence-corrected chi connectivity index (χ0v) is 11.3. The molecule has 0 radical (unpaired) electrons. The minimum Gasteiger partial charge on any atom is -0.384 e. The van der Waals surface area contributed by atoms with Gasteiger partial charge in [-0.15, -0.1) is 0 Å². The Balaban J connectivity index is 1.70. The molecular weight excluding hydrogens is 264 g/mol. The molecule has 2 aliphatic rings. The van der Waals surface area contributed by atoms with E-state index in [-0.39, 0.29) is 17.4 Å². The van der Waals surface area contributed by atoms with Crippen molar-refractivity contribution < 1.29 is 13.2 Å².